The van der Waals surface area contributed by atoms with Crippen LogP contribution in [0.3, 0.4) is 0 Å². The predicted molar refractivity (Wildman–Crippen MR) is 111 cm³/mol. The number of pyridine rings is 1. The first kappa shape index (κ1) is 19.6. The topological polar surface area (TPSA) is 48.4 Å². The molecule has 0 bridgehead atoms. The van der Waals surface area contributed by atoms with Crippen LogP contribution in [0.5, 0.6) is 11.5 Å². The van der Waals surface area contributed by atoms with E-state index in [2.05, 4.69) is 11.9 Å². The number of rotatable bonds is 9. The van der Waals surface area contributed by atoms with Crippen molar-refractivity contribution in [1.29, 1.82) is 0 Å². The molecular formula is C24H25NO3. The number of carbonyl (C=O) groups excluding carboxylic acids is 1. The van der Waals surface area contributed by atoms with Crippen LogP contribution in [-0.4, -0.2) is 17.6 Å². The Morgan fingerprint density at radius 2 is 1.64 bits per heavy atom. The van der Waals surface area contributed by atoms with Gasteiger partial charge in [0.15, 0.2) is 0 Å². The average Bonchev–Trinajstić information content (AvgIpc) is 2.75. The summed E-state index contributed by atoms with van der Waals surface area (Å²) in [7, 11) is 0. The molecule has 0 unspecified atom stereocenters. The monoisotopic (exact) mass is 375 g/mol. The molecule has 0 atom stereocenters. The minimum absolute atomic E-state index is 0.416. The van der Waals surface area contributed by atoms with Gasteiger partial charge in [0.05, 0.1) is 17.9 Å². The third-order valence-corrected chi connectivity index (χ3v) is 4.37. The maximum Gasteiger partial charge on any atom is 0.345 e. The van der Waals surface area contributed by atoms with Crippen LogP contribution in [0, 0.1) is 0 Å². The molecule has 0 amide bonds. The third kappa shape index (κ3) is 5.68. The van der Waals surface area contributed by atoms with Crippen LogP contribution in [0.15, 0.2) is 72.9 Å². The van der Waals surface area contributed by atoms with Gasteiger partial charge in [0.25, 0.3) is 0 Å². The molecule has 3 aromatic rings. The van der Waals surface area contributed by atoms with E-state index in [0.29, 0.717) is 11.3 Å². The quantitative estimate of drug-likeness (QED) is 0.264. The highest BCUT2D eigenvalue weighted by Gasteiger charge is 2.09. The SMILES string of the molecule is CCCCCCOc1ccc(-c2ccc(C(=O)Oc3ccccc3)cn2)cc1. The fourth-order valence-corrected chi connectivity index (χ4v) is 2.78. The summed E-state index contributed by atoms with van der Waals surface area (Å²) in [5.74, 6) is 0.960. The minimum Gasteiger partial charge on any atom is -0.494 e. The smallest absolute Gasteiger partial charge is 0.345 e. The van der Waals surface area contributed by atoms with Gasteiger partial charge < -0.3 is 9.47 Å². The number of ether oxygens (including phenoxy) is 2. The summed E-state index contributed by atoms with van der Waals surface area (Å²) in [4.78, 5) is 16.6. The second-order valence-electron chi connectivity index (χ2n) is 6.57. The van der Waals surface area contributed by atoms with Crippen molar-refractivity contribution >= 4 is 5.97 Å². The molecule has 1 aromatic heterocycles. The molecule has 144 valence electrons. The largest absolute Gasteiger partial charge is 0.494 e. The van der Waals surface area contributed by atoms with Crippen molar-refractivity contribution in [1.82, 2.24) is 4.98 Å². The zero-order chi connectivity index (χ0) is 19.6. The second-order valence-corrected chi connectivity index (χ2v) is 6.57. The zero-order valence-corrected chi connectivity index (χ0v) is 16.1. The predicted octanol–water partition coefficient (Wildman–Crippen LogP) is 5.93. The molecule has 0 saturated carbocycles. The molecule has 0 saturated heterocycles. The number of para-hydroxylation sites is 1. The summed E-state index contributed by atoms with van der Waals surface area (Å²) in [6.07, 6.45) is 6.31. The van der Waals surface area contributed by atoms with Gasteiger partial charge in [-0.15, -0.1) is 0 Å². The van der Waals surface area contributed by atoms with Crippen LogP contribution in [-0.2, 0) is 0 Å². The van der Waals surface area contributed by atoms with Crippen molar-refractivity contribution in [2.45, 2.75) is 32.6 Å². The van der Waals surface area contributed by atoms with Gasteiger partial charge in [-0.1, -0.05) is 44.4 Å². The standard InChI is InChI=1S/C24H25NO3/c1-2-3-4-8-17-27-21-14-11-19(12-15-21)23-16-13-20(18-25-23)24(26)28-22-9-6-5-7-10-22/h5-7,9-16,18H,2-4,8,17H2,1H3. The first-order chi connectivity index (χ1) is 13.8. The van der Waals surface area contributed by atoms with Gasteiger partial charge in [-0.3, -0.25) is 4.98 Å². The van der Waals surface area contributed by atoms with Crippen LogP contribution in [0.1, 0.15) is 43.0 Å². The van der Waals surface area contributed by atoms with Crippen molar-refractivity contribution in [3.05, 3.63) is 78.5 Å². The van der Waals surface area contributed by atoms with E-state index in [0.717, 1.165) is 30.0 Å². The van der Waals surface area contributed by atoms with Crippen molar-refractivity contribution in [2.24, 2.45) is 0 Å². The van der Waals surface area contributed by atoms with Crippen molar-refractivity contribution in [3.63, 3.8) is 0 Å². The van der Waals surface area contributed by atoms with E-state index in [1.807, 2.05) is 48.5 Å². The first-order valence-corrected chi connectivity index (χ1v) is 9.73. The Kier molecular flexibility index (Phi) is 7.19. The molecule has 0 N–H and O–H groups in total. The molecule has 3 rings (SSSR count). The van der Waals surface area contributed by atoms with Gasteiger partial charge in [0.1, 0.15) is 11.5 Å². The molecule has 0 spiro atoms. The Hall–Kier alpha value is -3.14. The van der Waals surface area contributed by atoms with E-state index in [9.17, 15) is 4.79 Å². The molecule has 1 heterocycles. The maximum atomic E-state index is 12.2. The average molecular weight is 375 g/mol. The maximum absolute atomic E-state index is 12.2. The lowest BCUT2D eigenvalue weighted by Gasteiger charge is -2.08. The number of esters is 1. The summed E-state index contributed by atoms with van der Waals surface area (Å²) < 4.78 is 11.1. The van der Waals surface area contributed by atoms with Gasteiger partial charge in [-0.05, 0) is 55.0 Å². The lowest BCUT2D eigenvalue weighted by molar-refractivity contribution is 0.0734. The summed E-state index contributed by atoms with van der Waals surface area (Å²) in [5, 5.41) is 0. The van der Waals surface area contributed by atoms with Gasteiger partial charge in [0, 0.05) is 11.8 Å². The molecule has 4 heteroatoms. The van der Waals surface area contributed by atoms with E-state index in [1.165, 1.54) is 19.3 Å². The number of hydrogen-bond acceptors (Lipinski definition) is 4. The van der Waals surface area contributed by atoms with E-state index in [1.54, 1.807) is 24.4 Å². The van der Waals surface area contributed by atoms with E-state index >= 15 is 0 Å². The van der Waals surface area contributed by atoms with Crippen molar-refractivity contribution < 1.29 is 14.3 Å². The highest BCUT2D eigenvalue weighted by molar-refractivity contribution is 5.91. The normalized spacial score (nSPS) is 10.5. The van der Waals surface area contributed by atoms with Gasteiger partial charge in [0.2, 0.25) is 0 Å². The number of nitrogens with zero attached hydrogens (tertiary/aromatic N) is 1. The molecule has 0 fully saturated rings. The summed E-state index contributed by atoms with van der Waals surface area (Å²) in [6.45, 7) is 2.95. The van der Waals surface area contributed by atoms with Crippen molar-refractivity contribution in [2.75, 3.05) is 6.61 Å². The van der Waals surface area contributed by atoms with E-state index in [4.69, 9.17) is 9.47 Å². The lowest BCUT2D eigenvalue weighted by atomic mass is 10.1. The molecule has 4 nitrogen and oxygen atoms in total. The molecule has 0 aliphatic carbocycles. The van der Waals surface area contributed by atoms with Crippen molar-refractivity contribution in [3.8, 4) is 22.8 Å². The second kappa shape index (κ2) is 10.3. The lowest BCUT2D eigenvalue weighted by Crippen LogP contribution is -2.08. The Morgan fingerprint density at radius 3 is 2.32 bits per heavy atom. The summed E-state index contributed by atoms with van der Waals surface area (Å²) in [6, 6.07) is 20.4. The van der Waals surface area contributed by atoms with Crippen LogP contribution in [0.2, 0.25) is 0 Å². The number of hydrogen-bond donors (Lipinski definition) is 0. The van der Waals surface area contributed by atoms with Crippen LogP contribution in [0.25, 0.3) is 11.3 Å². The fraction of sp³-hybridized carbons (Fsp3) is 0.250. The number of benzene rings is 2. The Labute approximate surface area is 166 Å². The summed E-state index contributed by atoms with van der Waals surface area (Å²) >= 11 is 0. The Morgan fingerprint density at radius 1 is 0.857 bits per heavy atom. The zero-order valence-electron chi connectivity index (χ0n) is 16.1. The van der Waals surface area contributed by atoms with E-state index < -0.39 is 5.97 Å². The van der Waals surface area contributed by atoms with E-state index in [-0.39, 0.29) is 0 Å². The van der Waals surface area contributed by atoms with Crippen LogP contribution >= 0.6 is 0 Å². The molecule has 0 aliphatic rings. The van der Waals surface area contributed by atoms with Gasteiger partial charge >= 0.3 is 5.97 Å². The molecule has 2 aromatic carbocycles. The molecular weight excluding hydrogens is 350 g/mol. The number of unbranched alkanes of at least 4 members (excludes halogenated alkanes) is 3. The first-order valence-electron chi connectivity index (χ1n) is 9.73. The number of carbonyl (C=O) groups is 1. The third-order valence-electron chi connectivity index (χ3n) is 4.37. The Bertz CT molecular complexity index is 859. The molecule has 0 aliphatic heterocycles. The Balaban J connectivity index is 1.56. The summed E-state index contributed by atoms with van der Waals surface area (Å²) in [5.41, 5.74) is 2.19. The minimum atomic E-state index is -0.419. The van der Waals surface area contributed by atoms with Crippen LogP contribution < -0.4 is 9.47 Å². The van der Waals surface area contributed by atoms with Gasteiger partial charge in [-0.25, -0.2) is 4.79 Å². The highest BCUT2D eigenvalue weighted by Crippen LogP contribution is 2.21. The number of aromatic nitrogens is 1. The fourth-order valence-electron chi connectivity index (χ4n) is 2.78. The molecule has 0 radical (unpaired) electrons. The van der Waals surface area contributed by atoms with Gasteiger partial charge in [-0.2, -0.15) is 0 Å². The van der Waals surface area contributed by atoms with Crippen LogP contribution in [0.4, 0.5) is 0 Å². The molecule has 28 heavy (non-hydrogen) atoms. The highest BCUT2D eigenvalue weighted by atomic mass is 16.5.